The SMILES string of the molecule is CSC1CCC(Nc2ncns2)C1. The number of rotatable bonds is 3. The molecule has 0 saturated heterocycles. The van der Waals surface area contributed by atoms with Crippen LogP contribution in [0.1, 0.15) is 19.3 Å². The lowest BCUT2D eigenvalue weighted by Gasteiger charge is -2.10. The highest BCUT2D eigenvalue weighted by Gasteiger charge is 2.24. The fourth-order valence-electron chi connectivity index (χ4n) is 1.70. The van der Waals surface area contributed by atoms with Gasteiger partial charge in [0.25, 0.3) is 0 Å². The molecule has 2 atom stereocenters. The first-order chi connectivity index (χ1) is 6.38. The van der Waals surface area contributed by atoms with E-state index in [9.17, 15) is 0 Å². The van der Waals surface area contributed by atoms with E-state index in [2.05, 4.69) is 20.9 Å². The molecule has 5 heteroatoms. The second kappa shape index (κ2) is 4.28. The molecule has 2 rings (SSSR count). The molecule has 0 aromatic carbocycles. The molecule has 1 aromatic rings. The molecule has 1 fully saturated rings. The van der Waals surface area contributed by atoms with E-state index >= 15 is 0 Å². The fraction of sp³-hybridized carbons (Fsp3) is 0.750. The quantitative estimate of drug-likeness (QED) is 0.839. The van der Waals surface area contributed by atoms with Gasteiger partial charge in [-0.3, -0.25) is 0 Å². The minimum absolute atomic E-state index is 0.616. The molecule has 1 aromatic heterocycles. The molecule has 2 unspecified atom stereocenters. The molecule has 0 radical (unpaired) electrons. The Morgan fingerprint density at radius 1 is 1.62 bits per heavy atom. The van der Waals surface area contributed by atoms with Crippen molar-refractivity contribution in [1.82, 2.24) is 9.36 Å². The zero-order valence-electron chi connectivity index (χ0n) is 7.56. The zero-order chi connectivity index (χ0) is 9.10. The van der Waals surface area contributed by atoms with E-state index in [0.717, 1.165) is 10.4 Å². The monoisotopic (exact) mass is 215 g/mol. The Labute approximate surface area is 86.5 Å². The van der Waals surface area contributed by atoms with Crippen LogP contribution in [0, 0.1) is 0 Å². The maximum absolute atomic E-state index is 4.12. The topological polar surface area (TPSA) is 37.8 Å². The van der Waals surface area contributed by atoms with E-state index in [0.29, 0.717) is 6.04 Å². The Bertz CT molecular complexity index is 250. The Morgan fingerprint density at radius 2 is 2.54 bits per heavy atom. The molecule has 0 bridgehead atoms. The van der Waals surface area contributed by atoms with Crippen LogP contribution in [0.15, 0.2) is 6.33 Å². The molecule has 1 saturated carbocycles. The predicted molar refractivity (Wildman–Crippen MR) is 58.5 cm³/mol. The number of nitrogens with one attached hydrogen (secondary N) is 1. The second-order valence-corrected chi connectivity index (χ2v) is 5.18. The Balaban J connectivity index is 1.84. The van der Waals surface area contributed by atoms with Gasteiger partial charge in [-0.2, -0.15) is 16.1 Å². The molecule has 0 spiro atoms. The van der Waals surface area contributed by atoms with Crippen LogP contribution >= 0.6 is 23.3 Å². The fourth-order valence-corrected chi connectivity index (χ4v) is 3.00. The van der Waals surface area contributed by atoms with Gasteiger partial charge in [0.2, 0.25) is 5.13 Å². The minimum atomic E-state index is 0.616. The number of nitrogens with zero attached hydrogens (tertiary/aromatic N) is 2. The van der Waals surface area contributed by atoms with Gasteiger partial charge in [-0.05, 0) is 25.5 Å². The number of aromatic nitrogens is 2. The van der Waals surface area contributed by atoms with Crippen LogP contribution in [0.25, 0.3) is 0 Å². The van der Waals surface area contributed by atoms with Crippen molar-refractivity contribution in [3.05, 3.63) is 6.33 Å². The van der Waals surface area contributed by atoms with E-state index in [1.165, 1.54) is 30.8 Å². The summed E-state index contributed by atoms with van der Waals surface area (Å²) in [5, 5.41) is 5.22. The third-order valence-electron chi connectivity index (χ3n) is 2.41. The Hall–Kier alpha value is -0.290. The van der Waals surface area contributed by atoms with Crippen molar-refractivity contribution in [3.63, 3.8) is 0 Å². The molecule has 1 aliphatic rings. The summed E-state index contributed by atoms with van der Waals surface area (Å²) < 4.78 is 3.97. The third-order valence-corrected chi connectivity index (χ3v) is 4.10. The van der Waals surface area contributed by atoms with Crippen LogP contribution in [0.3, 0.4) is 0 Å². The molecular formula is C8H13N3S2. The summed E-state index contributed by atoms with van der Waals surface area (Å²) in [6.45, 7) is 0. The Morgan fingerprint density at radius 3 is 3.15 bits per heavy atom. The van der Waals surface area contributed by atoms with Crippen molar-refractivity contribution < 1.29 is 0 Å². The van der Waals surface area contributed by atoms with Crippen LogP contribution in [0.2, 0.25) is 0 Å². The standard InChI is InChI=1S/C8H13N3S2/c1-12-7-3-2-6(4-7)11-8-9-5-10-13-8/h5-7H,2-4H2,1H3,(H,9,10,11). The number of anilines is 1. The largest absolute Gasteiger partial charge is 0.358 e. The highest BCUT2D eigenvalue weighted by molar-refractivity contribution is 7.99. The highest BCUT2D eigenvalue weighted by Crippen LogP contribution is 2.30. The summed E-state index contributed by atoms with van der Waals surface area (Å²) in [5.74, 6) is 0. The molecule has 0 amide bonds. The van der Waals surface area contributed by atoms with Crippen molar-refractivity contribution >= 4 is 28.4 Å². The normalized spacial score (nSPS) is 27.8. The van der Waals surface area contributed by atoms with Gasteiger partial charge in [0.15, 0.2) is 0 Å². The molecule has 1 heterocycles. The van der Waals surface area contributed by atoms with Gasteiger partial charge in [-0.25, -0.2) is 4.98 Å². The highest BCUT2D eigenvalue weighted by atomic mass is 32.2. The molecule has 1 aliphatic carbocycles. The predicted octanol–water partition coefficient (Wildman–Crippen LogP) is 2.23. The first-order valence-corrected chi connectivity index (χ1v) is 6.50. The van der Waals surface area contributed by atoms with E-state index in [1.807, 2.05) is 11.8 Å². The lowest BCUT2D eigenvalue weighted by Crippen LogP contribution is -2.15. The summed E-state index contributed by atoms with van der Waals surface area (Å²) >= 11 is 3.42. The van der Waals surface area contributed by atoms with Crippen LogP contribution in [0.4, 0.5) is 5.13 Å². The summed E-state index contributed by atoms with van der Waals surface area (Å²) in [6.07, 6.45) is 7.66. The molecule has 3 nitrogen and oxygen atoms in total. The van der Waals surface area contributed by atoms with Crippen LogP contribution < -0.4 is 5.32 Å². The zero-order valence-corrected chi connectivity index (χ0v) is 9.20. The molecular weight excluding hydrogens is 202 g/mol. The van der Waals surface area contributed by atoms with Gasteiger partial charge in [0.1, 0.15) is 6.33 Å². The molecule has 72 valence electrons. The van der Waals surface area contributed by atoms with Crippen LogP contribution in [-0.4, -0.2) is 26.9 Å². The lowest BCUT2D eigenvalue weighted by molar-refractivity contribution is 0.756. The van der Waals surface area contributed by atoms with Crippen molar-refractivity contribution in [3.8, 4) is 0 Å². The smallest absolute Gasteiger partial charge is 0.202 e. The average molecular weight is 215 g/mol. The minimum Gasteiger partial charge on any atom is -0.358 e. The third kappa shape index (κ3) is 2.34. The van der Waals surface area contributed by atoms with Crippen LogP contribution in [-0.2, 0) is 0 Å². The van der Waals surface area contributed by atoms with Crippen LogP contribution in [0.5, 0.6) is 0 Å². The summed E-state index contributed by atoms with van der Waals surface area (Å²) in [4.78, 5) is 4.12. The van der Waals surface area contributed by atoms with Gasteiger partial charge in [0.05, 0.1) is 0 Å². The first kappa shape index (κ1) is 9.27. The second-order valence-electron chi connectivity index (χ2n) is 3.26. The molecule has 1 N–H and O–H groups in total. The summed E-state index contributed by atoms with van der Waals surface area (Å²) in [6, 6.07) is 0.616. The van der Waals surface area contributed by atoms with E-state index in [4.69, 9.17) is 0 Å². The summed E-state index contributed by atoms with van der Waals surface area (Å²) in [7, 11) is 0. The first-order valence-electron chi connectivity index (χ1n) is 4.44. The van der Waals surface area contributed by atoms with Gasteiger partial charge >= 0.3 is 0 Å². The van der Waals surface area contributed by atoms with E-state index in [-0.39, 0.29) is 0 Å². The molecule has 13 heavy (non-hydrogen) atoms. The lowest BCUT2D eigenvalue weighted by atomic mass is 10.3. The van der Waals surface area contributed by atoms with Gasteiger partial charge in [-0.15, -0.1) is 0 Å². The number of hydrogen-bond acceptors (Lipinski definition) is 5. The summed E-state index contributed by atoms with van der Waals surface area (Å²) in [5.41, 5.74) is 0. The number of thioether (sulfide) groups is 1. The Kier molecular flexibility index (Phi) is 3.05. The average Bonchev–Trinajstić information content (AvgIpc) is 2.76. The maximum Gasteiger partial charge on any atom is 0.202 e. The van der Waals surface area contributed by atoms with Gasteiger partial charge < -0.3 is 5.32 Å². The van der Waals surface area contributed by atoms with Gasteiger partial charge in [0, 0.05) is 22.8 Å². The number of hydrogen-bond donors (Lipinski definition) is 1. The van der Waals surface area contributed by atoms with Crippen molar-refractivity contribution in [1.29, 1.82) is 0 Å². The maximum atomic E-state index is 4.12. The van der Waals surface area contributed by atoms with Gasteiger partial charge in [-0.1, -0.05) is 0 Å². The van der Waals surface area contributed by atoms with E-state index in [1.54, 1.807) is 6.33 Å². The van der Waals surface area contributed by atoms with E-state index < -0.39 is 0 Å². The molecule has 0 aliphatic heterocycles. The van der Waals surface area contributed by atoms with Crippen molar-refractivity contribution in [2.45, 2.75) is 30.6 Å². The van der Waals surface area contributed by atoms with Crippen molar-refractivity contribution in [2.75, 3.05) is 11.6 Å². The van der Waals surface area contributed by atoms with Crippen molar-refractivity contribution in [2.24, 2.45) is 0 Å².